The highest BCUT2D eigenvalue weighted by atomic mass is 35.5. The molecule has 3 heterocycles. The fraction of sp³-hybridized carbons (Fsp3) is 0.257. The van der Waals surface area contributed by atoms with Crippen LogP contribution in [0, 0.1) is 0 Å². The Morgan fingerprint density at radius 2 is 1.74 bits per heavy atom. The molecule has 0 bridgehead atoms. The van der Waals surface area contributed by atoms with Crippen LogP contribution in [0.2, 0.25) is 5.02 Å². The number of aromatic amines is 1. The molecule has 0 unspecified atom stereocenters. The van der Waals surface area contributed by atoms with Crippen molar-refractivity contribution in [2.45, 2.75) is 32.7 Å². The number of aromatic carboxylic acids is 1. The minimum Gasteiger partial charge on any atom is -0.478 e. The van der Waals surface area contributed by atoms with Crippen LogP contribution in [-0.4, -0.2) is 52.1 Å². The monoisotopic (exact) mass is 594 g/mol. The summed E-state index contributed by atoms with van der Waals surface area (Å²) in [4.78, 5) is 24.7. The molecule has 5 aromatic rings. The third-order valence-corrected chi connectivity index (χ3v) is 8.24. The molecule has 3 aromatic carbocycles. The van der Waals surface area contributed by atoms with Gasteiger partial charge in [0.05, 0.1) is 6.20 Å². The predicted molar refractivity (Wildman–Crippen MR) is 173 cm³/mol. The van der Waals surface area contributed by atoms with E-state index in [1.165, 1.54) is 11.1 Å². The summed E-state index contributed by atoms with van der Waals surface area (Å²) in [7, 11) is 0. The van der Waals surface area contributed by atoms with Gasteiger partial charge in [-0.2, -0.15) is 0 Å². The number of piperazine rings is 1. The number of aromatic nitrogens is 2. The number of carboxylic acid groups (broad SMARTS) is 1. The molecule has 0 spiro atoms. The zero-order valence-corrected chi connectivity index (χ0v) is 25.4. The largest absolute Gasteiger partial charge is 0.478 e. The summed E-state index contributed by atoms with van der Waals surface area (Å²) in [5.74, 6) is -0.151. The van der Waals surface area contributed by atoms with Crippen LogP contribution in [0.15, 0.2) is 85.2 Å². The SMILES string of the molecule is CC(C)(C)c1c(N2CCN(Cc3ccccc3-c3ccc(Cl)cc3)CC2)ccc(C(=O)O)c1Oc1cnc2[nH]ccc2c1. The fourth-order valence-corrected chi connectivity index (χ4v) is 6.01. The van der Waals surface area contributed by atoms with E-state index >= 15 is 0 Å². The van der Waals surface area contributed by atoms with Crippen molar-refractivity contribution in [1.82, 2.24) is 14.9 Å². The predicted octanol–water partition coefficient (Wildman–Crippen LogP) is 7.99. The molecule has 0 atom stereocenters. The van der Waals surface area contributed by atoms with Crippen molar-refractivity contribution >= 4 is 34.3 Å². The number of nitrogens with zero attached hydrogens (tertiary/aromatic N) is 3. The second-order valence-electron chi connectivity index (χ2n) is 12.0. The third-order valence-electron chi connectivity index (χ3n) is 7.99. The lowest BCUT2D eigenvalue weighted by atomic mass is 9.83. The minimum atomic E-state index is -1.02. The first-order chi connectivity index (χ1) is 20.7. The van der Waals surface area contributed by atoms with Gasteiger partial charge in [0.25, 0.3) is 0 Å². The summed E-state index contributed by atoms with van der Waals surface area (Å²) in [6.45, 7) is 10.5. The zero-order chi connectivity index (χ0) is 30.1. The number of anilines is 1. The van der Waals surface area contributed by atoms with Crippen LogP contribution in [0.1, 0.15) is 42.3 Å². The van der Waals surface area contributed by atoms with Gasteiger partial charge in [-0.25, -0.2) is 9.78 Å². The number of benzene rings is 3. The summed E-state index contributed by atoms with van der Waals surface area (Å²) in [5, 5.41) is 11.8. The third kappa shape index (κ3) is 6.10. The highest BCUT2D eigenvalue weighted by Gasteiger charge is 2.31. The highest BCUT2D eigenvalue weighted by Crippen LogP contribution is 2.44. The maximum absolute atomic E-state index is 12.4. The number of pyridine rings is 1. The first-order valence-corrected chi connectivity index (χ1v) is 14.9. The first-order valence-electron chi connectivity index (χ1n) is 14.5. The molecule has 2 N–H and O–H groups in total. The Bertz CT molecular complexity index is 1770. The lowest BCUT2D eigenvalue weighted by molar-refractivity contribution is 0.0694. The van der Waals surface area contributed by atoms with E-state index in [0.717, 1.165) is 65.6 Å². The Labute approximate surface area is 256 Å². The molecule has 0 aliphatic carbocycles. The van der Waals surface area contributed by atoms with Crippen molar-refractivity contribution in [3.8, 4) is 22.6 Å². The van der Waals surface area contributed by atoms with Crippen molar-refractivity contribution in [3.05, 3.63) is 107 Å². The number of halogens is 1. The first kappa shape index (κ1) is 28.8. The molecule has 2 aromatic heterocycles. The van der Waals surface area contributed by atoms with E-state index in [9.17, 15) is 9.90 Å². The number of carboxylic acids is 1. The van der Waals surface area contributed by atoms with Crippen LogP contribution >= 0.6 is 11.6 Å². The van der Waals surface area contributed by atoms with Crippen molar-refractivity contribution in [2.75, 3.05) is 31.1 Å². The second kappa shape index (κ2) is 11.7. The van der Waals surface area contributed by atoms with E-state index in [1.54, 1.807) is 12.3 Å². The van der Waals surface area contributed by atoms with Crippen molar-refractivity contribution < 1.29 is 14.6 Å². The maximum atomic E-state index is 12.4. The molecule has 1 saturated heterocycles. The van der Waals surface area contributed by atoms with E-state index in [0.29, 0.717) is 11.5 Å². The topological polar surface area (TPSA) is 81.7 Å². The van der Waals surface area contributed by atoms with Gasteiger partial charge in [0, 0.05) is 60.6 Å². The number of hydrogen-bond acceptors (Lipinski definition) is 5. The molecular formula is C35H35ClN4O3. The van der Waals surface area contributed by atoms with E-state index in [1.807, 2.05) is 36.5 Å². The summed E-state index contributed by atoms with van der Waals surface area (Å²) >= 11 is 6.14. The Morgan fingerprint density at radius 3 is 2.47 bits per heavy atom. The van der Waals surface area contributed by atoms with Crippen LogP contribution in [0.4, 0.5) is 5.69 Å². The van der Waals surface area contributed by atoms with Gasteiger partial charge >= 0.3 is 5.97 Å². The average molecular weight is 595 g/mol. The maximum Gasteiger partial charge on any atom is 0.339 e. The van der Waals surface area contributed by atoms with Gasteiger partial charge in [0.1, 0.15) is 22.7 Å². The summed E-state index contributed by atoms with van der Waals surface area (Å²) < 4.78 is 6.40. The number of ether oxygens (including phenoxy) is 1. The molecule has 7 nitrogen and oxygen atoms in total. The number of H-pyrrole nitrogens is 1. The molecule has 43 heavy (non-hydrogen) atoms. The number of fused-ring (bicyclic) bond motifs is 1. The van der Waals surface area contributed by atoms with Crippen LogP contribution < -0.4 is 9.64 Å². The lowest BCUT2D eigenvalue weighted by Crippen LogP contribution is -2.46. The van der Waals surface area contributed by atoms with Gasteiger partial charge in [-0.05, 0) is 58.5 Å². The van der Waals surface area contributed by atoms with Gasteiger partial charge in [0.2, 0.25) is 0 Å². The van der Waals surface area contributed by atoms with E-state index < -0.39 is 5.97 Å². The quantitative estimate of drug-likeness (QED) is 0.199. The molecular weight excluding hydrogens is 560 g/mol. The zero-order valence-electron chi connectivity index (χ0n) is 24.6. The number of carbonyl (C=O) groups is 1. The number of hydrogen-bond donors (Lipinski definition) is 2. The average Bonchev–Trinajstić information content (AvgIpc) is 3.45. The van der Waals surface area contributed by atoms with Crippen LogP contribution in [0.25, 0.3) is 22.2 Å². The van der Waals surface area contributed by atoms with Gasteiger partial charge in [-0.15, -0.1) is 0 Å². The van der Waals surface area contributed by atoms with Crippen molar-refractivity contribution in [3.63, 3.8) is 0 Å². The summed E-state index contributed by atoms with van der Waals surface area (Å²) in [6.07, 6.45) is 3.45. The molecule has 1 fully saturated rings. The molecule has 0 radical (unpaired) electrons. The van der Waals surface area contributed by atoms with Gasteiger partial charge in [-0.1, -0.05) is 68.8 Å². The van der Waals surface area contributed by atoms with Crippen LogP contribution in [0.5, 0.6) is 11.5 Å². The standard InChI is InChI=1S/C35H35ClN4O3/c1-35(2,3)31-30(13-12-29(34(41)42)32(31)43-27-20-24-14-15-37-33(24)38-21-27)40-18-16-39(17-19-40)22-25-6-4-5-7-28(25)23-8-10-26(36)11-9-23/h4-15,20-21H,16-19,22H2,1-3H3,(H,37,38)(H,41,42). The molecule has 1 aliphatic heterocycles. The van der Waals surface area contributed by atoms with E-state index in [2.05, 4.69) is 76.9 Å². The molecule has 6 rings (SSSR count). The van der Waals surface area contributed by atoms with Crippen molar-refractivity contribution in [1.29, 1.82) is 0 Å². The normalized spacial score (nSPS) is 14.3. The van der Waals surface area contributed by atoms with Gasteiger partial charge < -0.3 is 19.7 Å². The number of nitrogens with one attached hydrogen (secondary N) is 1. The Hall–Kier alpha value is -4.33. The molecule has 8 heteroatoms. The fourth-order valence-electron chi connectivity index (χ4n) is 5.89. The van der Waals surface area contributed by atoms with Crippen LogP contribution in [0.3, 0.4) is 0 Å². The Kier molecular flexibility index (Phi) is 7.86. The highest BCUT2D eigenvalue weighted by molar-refractivity contribution is 6.30. The van der Waals surface area contributed by atoms with Gasteiger partial charge in [-0.3, -0.25) is 4.90 Å². The molecule has 220 valence electrons. The van der Waals surface area contributed by atoms with E-state index in [-0.39, 0.29) is 11.0 Å². The van der Waals surface area contributed by atoms with Gasteiger partial charge in [0.15, 0.2) is 0 Å². The molecule has 1 aliphatic rings. The van der Waals surface area contributed by atoms with E-state index in [4.69, 9.17) is 16.3 Å². The molecule has 0 amide bonds. The smallest absolute Gasteiger partial charge is 0.339 e. The number of rotatable bonds is 7. The summed E-state index contributed by atoms with van der Waals surface area (Å²) in [5.41, 5.74) is 6.05. The molecule has 0 saturated carbocycles. The summed E-state index contributed by atoms with van der Waals surface area (Å²) in [6, 6.07) is 23.9. The van der Waals surface area contributed by atoms with Crippen LogP contribution in [-0.2, 0) is 12.0 Å². The Balaban J connectivity index is 1.26. The van der Waals surface area contributed by atoms with Crippen molar-refractivity contribution in [2.24, 2.45) is 0 Å². The Morgan fingerprint density at radius 1 is 1.00 bits per heavy atom. The second-order valence-corrected chi connectivity index (χ2v) is 12.4. The minimum absolute atomic E-state index is 0.139. The lowest BCUT2D eigenvalue weighted by Gasteiger charge is -2.39.